The van der Waals surface area contributed by atoms with Gasteiger partial charge in [-0.2, -0.15) is 0 Å². The molecule has 0 N–H and O–H groups in total. The number of rotatable bonds is 8. The maximum Gasteiger partial charge on any atom is 0.228 e. The van der Waals surface area contributed by atoms with Gasteiger partial charge in [-0.05, 0) is 24.1 Å². The van der Waals surface area contributed by atoms with Crippen LogP contribution in [0.3, 0.4) is 0 Å². The summed E-state index contributed by atoms with van der Waals surface area (Å²) in [5, 5.41) is 0. The monoisotopic (exact) mass is 396 g/mol. The summed E-state index contributed by atoms with van der Waals surface area (Å²) in [7, 11) is 3.15. The van der Waals surface area contributed by atoms with Crippen molar-refractivity contribution >= 4 is 17.5 Å². The lowest BCUT2D eigenvalue weighted by Crippen LogP contribution is -2.37. The van der Waals surface area contributed by atoms with Crippen LogP contribution in [0.5, 0.6) is 11.5 Å². The standard InChI is InChI=1S/C23H28N2O4/c1-4-12-24(15-17-8-6-5-7-9-17)23(27)18-13-22(26)25(16-18)20-14-19(28-2)10-11-21(20)29-3/h5-11,14,18H,4,12-13,15-16H2,1-3H3. The molecule has 154 valence electrons. The Morgan fingerprint density at radius 1 is 1.14 bits per heavy atom. The molecule has 0 bridgehead atoms. The Balaban J connectivity index is 1.78. The lowest BCUT2D eigenvalue weighted by molar-refractivity contribution is -0.136. The quantitative estimate of drug-likeness (QED) is 0.685. The highest BCUT2D eigenvalue weighted by atomic mass is 16.5. The van der Waals surface area contributed by atoms with Crippen molar-refractivity contribution in [3.8, 4) is 11.5 Å². The number of amides is 2. The van der Waals surface area contributed by atoms with E-state index in [1.807, 2.05) is 35.2 Å². The first kappa shape index (κ1) is 20.7. The number of anilines is 1. The summed E-state index contributed by atoms with van der Waals surface area (Å²) in [6.45, 7) is 3.62. The van der Waals surface area contributed by atoms with Gasteiger partial charge >= 0.3 is 0 Å². The van der Waals surface area contributed by atoms with E-state index in [9.17, 15) is 9.59 Å². The van der Waals surface area contributed by atoms with Crippen molar-refractivity contribution in [1.82, 2.24) is 4.90 Å². The number of carbonyl (C=O) groups is 2. The van der Waals surface area contributed by atoms with E-state index >= 15 is 0 Å². The number of hydrogen-bond donors (Lipinski definition) is 0. The second-order valence-electron chi connectivity index (χ2n) is 7.19. The second kappa shape index (κ2) is 9.45. The average molecular weight is 396 g/mol. The van der Waals surface area contributed by atoms with Gasteiger partial charge in [-0.3, -0.25) is 9.59 Å². The molecule has 2 amide bonds. The third kappa shape index (κ3) is 4.70. The van der Waals surface area contributed by atoms with E-state index in [0.29, 0.717) is 36.8 Å². The molecule has 6 nitrogen and oxygen atoms in total. The molecular formula is C23H28N2O4. The maximum absolute atomic E-state index is 13.2. The smallest absolute Gasteiger partial charge is 0.228 e. The van der Waals surface area contributed by atoms with Crippen LogP contribution in [0.15, 0.2) is 48.5 Å². The average Bonchev–Trinajstić information content (AvgIpc) is 3.14. The van der Waals surface area contributed by atoms with Gasteiger partial charge in [0.15, 0.2) is 0 Å². The largest absolute Gasteiger partial charge is 0.497 e. The molecule has 1 heterocycles. The van der Waals surface area contributed by atoms with Crippen LogP contribution < -0.4 is 14.4 Å². The fraction of sp³-hybridized carbons (Fsp3) is 0.391. The van der Waals surface area contributed by atoms with E-state index in [4.69, 9.17) is 9.47 Å². The molecule has 3 rings (SSSR count). The van der Waals surface area contributed by atoms with E-state index in [2.05, 4.69) is 6.92 Å². The number of hydrogen-bond acceptors (Lipinski definition) is 4. The molecule has 1 aliphatic rings. The zero-order chi connectivity index (χ0) is 20.8. The number of carbonyl (C=O) groups excluding carboxylic acids is 2. The third-order valence-electron chi connectivity index (χ3n) is 5.17. The van der Waals surface area contributed by atoms with Crippen LogP contribution >= 0.6 is 0 Å². The molecule has 1 saturated heterocycles. The molecule has 1 atom stereocenters. The van der Waals surface area contributed by atoms with Crippen LogP contribution in [0.25, 0.3) is 0 Å². The molecule has 0 spiro atoms. The van der Waals surface area contributed by atoms with Crippen molar-refractivity contribution in [3.63, 3.8) is 0 Å². The van der Waals surface area contributed by atoms with Crippen molar-refractivity contribution in [3.05, 3.63) is 54.1 Å². The SMILES string of the molecule is CCCN(Cc1ccccc1)C(=O)C1CC(=O)N(c2cc(OC)ccc2OC)C1. The molecule has 0 aromatic heterocycles. The summed E-state index contributed by atoms with van der Waals surface area (Å²) in [6.07, 6.45) is 1.07. The van der Waals surface area contributed by atoms with Crippen molar-refractivity contribution in [2.45, 2.75) is 26.3 Å². The molecule has 6 heteroatoms. The van der Waals surface area contributed by atoms with Crippen molar-refractivity contribution in [1.29, 1.82) is 0 Å². The Morgan fingerprint density at radius 3 is 2.55 bits per heavy atom. The Kier molecular flexibility index (Phi) is 6.75. The van der Waals surface area contributed by atoms with Gasteiger partial charge in [0.2, 0.25) is 11.8 Å². The van der Waals surface area contributed by atoms with E-state index in [-0.39, 0.29) is 24.2 Å². The third-order valence-corrected chi connectivity index (χ3v) is 5.17. The van der Waals surface area contributed by atoms with E-state index in [1.54, 1.807) is 37.3 Å². The maximum atomic E-state index is 13.2. The van der Waals surface area contributed by atoms with Gasteiger partial charge in [-0.25, -0.2) is 0 Å². The Hall–Kier alpha value is -3.02. The first-order valence-electron chi connectivity index (χ1n) is 9.92. The van der Waals surface area contributed by atoms with E-state index in [1.165, 1.54) is 0 Å². The number of nitrogens with zero attached hydrogens (tertiary/aromatic N) is 2. The molecule has 1 fully saturated rings. The van der Waals surface area contributed by atoms with Gasteiger partial charge in [0.25, 0.3) is 0 Å². The summed E-state index contributed by atoms with van der Waals surface area (Å²) < 4.78 is 10.7. The summed E-state index contributed by atoms with van der Waals surface area (Å²) in [6, 6.07) is 15.3. The van der Waals surface area contributed by atoms with E-state index in [0.717, 1.165) is 12.0 Å². The van der Waals surface area contributed by atoms with Crippen molar-refractivity contribution in [2.75, 3.05) is 32.2 Å². The molecular weight excluding hydrogens is 368 g/mol. The summed E-state index contributed by atoms with van der Waals surface area (Å²) in [5.41, 5.74) is 1.72. The van der Waals surface area contributed by atoms with Crippen LogP contribution in [0, 0.1) is 5.92 Å². The molecule has 29 heavy (non-hydrogen) atoms. The highest BCUT2D eigenvalue weighted by Gasteiger charge is 2.38. The second-order valence-corrected chi connectivity index (χ2v) is 7.19. The molecule has 1 aliphatic heterocycles. The topological polar surface area (TPSA) is 59.1 Å². The van der Waals surface area contributed by atoms with Crippen LogP contribution in [0.1, 0.15) is 25.3 Å². The van der Waals surface area contributed by atoms with Gasteiger partial charge in [0, 0.05) is 32.1 Å². The first-order valence-corrected chi connectivity index (χ1v) is 9.92. The first-order chi connectivity index (χ1) is 14.1. The van der Waals surface area contributed by atoms with Crippen LogP contribution in [-0.4, -0.2) is 44.0 Å². The van der Waals surface area contributed by atoms with Crippen LogP contribution in [0.2, 0.25) is 0 Å². The highest BCUT2D eigenvalue weighted by Crippen LogP contribution is 2.36. The van der Waals surface area contributed by atoms with Crippen LogP contribution in [-0.2, 0) is 16.1 Å². The number of benzene rings is 2. The van der Waals surface area contributed by atoms with Crippen LogP contribution in [0.4, 0.5) is 5.69 Å². The molecule has 0 aliphatic carbocycles. The highest BCUT2D eigenvalue weighted by molar-refractivity contribution is 6.01. The minimum absolute atomic E-state index is 0.0217. The van der Waals surface area contributed by atoms with Gasteiger partial charge in [0.05, 0.1) is 25.8 Å². The van der Waals surface area contributed by atoms with Gasteiger partial charge in [-0.1, -0.05) is 37.3 Å². The molecule has 0 saturated carbocycles. The Morgan fingerprint density at radius 2 is 1.90 bits per heavy atom. The van der Waals surface area contributed by atoms with Crippen molar-refractivity contribution in [2.24, 2.45) is 5.92 Å². The van der Waals surface area contributed by atoms with Gasteiger partial charge in [-0.15, -0.1) is 0 Å². The molecule has 2 aromatic carbocycles. The predicted molar refractivity (Wildman–Crippen MR) is 112 cm³/mol. The predicted octanol–water partition coefficient (Wildman–Crippen LogP) is 3.50. The minimum atomic E-state index is -0.367. The molecule has 0 radical (unpaired) electrons. The lowest BCUT2D eigenvalue weighted by atomic mass is 10.1. The molecule has 1 unspecified atom stereocenters. The number of methoxy groups -OCH3 is 2. The fourth-order valence-electron chi connectivity index (χ4n) is 3.71. The summed E-state index contributed by atoms with van der Waals surface area (Å²) in [4.78, 5) is 29.5. The fourth-order valence-corrected chi connectivity index (χ4v) is 3.71. The van der Waals surface area contributed by atoms with Gasteiger partial charge in [0.1, 0.15) is 11.5 Å². The zero-order valence-electron chi connectivity index (χ0n) is 17.3. The van der Waals surface area contributed by atoms with Crippen molar-refractivity contribution < 1.29 is 19.1 Å². The summed E-state index contributed by atoms with van der Waals surface area (Å²) >= 11 is 0. The lowest BCUT2D eigenvalue weighted by Gasteiger charge is -2.26. The number of ether oxygens (including phenoxy) is 2. The Bertz CT molecular complexity index is 853. The molecule has 2 aromatic rings. The van der Waals surface area contributed by atoms with E-state index < -0.39 is 0 Å². The normalized spacial score (nSPS) is 16.0. The van der Waals surface area contributed by atoms with Gasteiger partial charge < -0.3 is 19.3 Å². The zero-order valence-corrected chi connectivity index (χ0v) is 17.3. The summed E-state index contributed by atoms with van der Waals surface area (Å²) in [5.74, 6) is 0.801. The Labute approximate surface area is 172 Å². The minimum Gasteiger partial charge on any atom is -0.497 e.